The van der Waals surface area contributed by atoms with Gasteiger partial charge < -0.3 is 64.2 Å². The van der Waals surface area contributed by atoms with Gasteiger partial charge in [-0.2, -0.15) is 0 Å². The Balaban J connectivity index is 1.47. The van der Waals surface area contributed by atoms with Gasteiger partial charge >= 0.3 is 17.9 Å². The first-order valence-corrected chi connectivity index (χ1v) is 17.4. The van der Waals surface area contributed by atoms with Crippen LogP contribution < -0.4 is 0 Å². The number of hydrogen-bond donors (Lipinski definition) is 7. The summed E-state index contributed by atoms with van der Waals surface area (Å²) in [5.74, 6) is -8.33. The second-order valence-corrected chi connectivity index (χ2v) is 15.6. The molecule has 0 aromatic rings. The Kier molecular flexibility index (Phi) is 9.75. The summed E-state index contributed by atoms with van der Waals surface area (Å²) in [4.78, 5) is 54.8. The molecule has 7 N–H and O–H groups in total. The van der Waals surface area contributed by atoms with Gasteiger partial charge in [0.25, 0.3) is 0 Å². The van der Waals surface area contributed by atoms with Crippen LogP contribution in [0.25, 0.3) is 0 Å². The Morgan fingerprint density at radius 1 is 1.06 bits per heavy atom. The van der Waals surface area contributed by atoms with E-state index >= 15 is 0 Å². The van der Waals surface area contributed by atoms with Gasteiger partial charge in [-0.25, -0.2) is 14.4 Å². The highest BCUT2D eigenvalue weighted by Crippen LogP contribution is 2.72. The van der Waals surface area contributed by atoms with Crippen LogP contribution in [0.15, 0.2) is 23.5 Å². The number of aliphatic hydroxyl groups excluding tert-OH is 6. The molecule has 0 aromatic heterocycles. The van der Waals surface area contributed by atoms with E-state index in [1.54, 1.807) is 20.8 Å². The van der Waals surface area contributed by atoms with Gasteiger partial charge in [0.1, 0.15) is 36.6 Å². The Morgan fingerprint density at radius 2 is 1.73 bits per heavy atom. The van der Waals surface area contributed by atoms with Crippen LogP contribution in [0.2, 0.25) is 0 Å². The number of ether oxygens (including phenoxy) is 6. The molecular formula is C35H48O17. The maximum Gasteiger partial charge on any atom is 0.348 e. The van der Waals surface area contributed by atoms with Gasteiger partial charge in [-0.3, -0.25) is 4.79 Å². The summed E-state index contributed by atoms with van der Waals surface area (Å²) in [5.41, 5.74) is -6.40. The van der Waals surface area contributed by atoms with Crippen LogP contribution in [0.1, 0.15) is 47.5 Å². The lowest BCUT2D eigenvalue weighted by Gasteiger charge is -2.67. The number of methoxy groups -OCH3 is 1. The molecule has 3 heterocycles. The molecule has 3 saturated heterocycles. The second-order valence-electron chi connectivity index (χ2n) is 15.6. The summed E-state index contributed by atoms with van der Waals surface area (Å²) >= 11 is 0. The van der Waals surface area contributed by atoms with E-state index < -0.39 is 131 Å². The van der Waals surface area contributed by atoms with Gasteiger partial charge in [-0.1, -0.05) is 20.8 Å². The molecular weight excluding hydrogens is 692 g/mol. The largest absolute Gasteiger partial charge is 0.467 e. The number of aliphatic hydroxyl groups is 7. The molecule has 17 heteroatoms. The molecule has 6 rings (SSSR count). The maximum absolute atomic E-state index is 13.9. The van der Waals surface area contributed by atoms with E-state index in [0.29, 0.717) is 0 Å². The quantitative estimate of drug-likeness (QED) is 0.0789. The van der Waals surface area contributed by atoms with E-state index in [1.807, 2.05) is 0 Å². The fourth-order valence-corrected chi connectivity index (χ4v) is 10.2. The number of esters is 3. The van der Waals surface area contributed by atoms with E-state index in [9.17, 15) is 54.9 Å². The summed E-state index contributed by atoms with van der Waals surface area (Å²) < 4.78 is 34.3. The van der Waals surface area contributed by atoms with Crippen molar-refractivity contribution in [3.63, 3.8) is 0 Å². The number of carbonyl (C=O) groups excluding carboxylic acids is 4. The van der Waals surface area contributed by atoms with E-state index in [-0.39, 0.29) is 30.8 Å². The summed E-state index contributed by atoms with van der Waals surface area (Å²) in [6.45, 7) is 6.81. The molecule has 52 heavy (non-hydrogen) atoms. The minimum Gasteiger partial charge on any atom is -0.467 e. The van der Waals surface area contributed by atoms with Crippen LogP contribution in [0.4, 0.5) is 0 Å². The monoisotopic (exact) mass is 740 g/mol. The average molecular weight is 741 g/mol. The minimum absolute atomic E-state index is 0.00859. The maximum atomic E-state index is 13.9. The molecule has 2 unspecified atom stereocenters. The van der Waals surface area contributed by atoms with Crippen LogP contribution in [0.3, 0.4) is 0 Å². The molecule has 0 amide bonds. The lowest BCUT2D eigenvalue weighted by molar-refractivity contribution is -0.296. The summed E-state index contributed by atoms with van der Waals surface area (Å²) in [6.07, 6.45) is -12.5. The predicted octanol–water partition coefficient (Wildman–Crippen LogP) is -2.23. The van der Waals surface area contributed by atoms with Crippen LogP contribution in [0, 0.1) is 34.5 Å². The SMILES string of the molecule is CC/C(=C\C(=O)O[C@H]1C(=O)O[C@@H]2C[C@H]3[C@H](C)C(=O)C(O[C@@H]4O[C@H](CO)[C@@H](O)[C@H](O)[C@H]4O)=C[C@]3(C)C3C(O)[C@H](O)[C@@]4(C(=O)OC)OC[C@]32[C@@H]14)C(C)(C)O. The third-order valence-electron chi connectivity index (χ3n) is 12.6. The Hall–Kier alpha value is -3.00. The van der Waals surface area contributed by atoms with E-state index in [1.165, 1.54) is 19.9 Å². The summed E-state index contributed by atoms with van der Waals surface area (Å²) in [6, 6.07) is 0. The fourth-order valence-electron chi connectivity index (χ4n) is 10.2. The zero-order chi connectivity index (χ0) is 38.5. The van der Waals surface area contributed by atoms with Crippen molar-refractivity contribution in [1.82, 2.24) is 0 Å². The van der Waals surface area contributed by atoms with Crippen LogP contribution in [-0.2, 0) is 47.6 Å². The van der Waals surface area contributed by atoms with Crippen molar-refractivity contribution in [2.75, 3.05) is 20.3 Å². The standard InChI is InChI=1S/C35H48O17/c1-7-14(32(3,4)46)8-19(37)52-25-27-34-12-48-35(27,31(45)47-6)28(43)24(42)26(34)33(5)10-16(20(38)13(2)15(33)9-18(34)51-29(25)44)49-30-23(41)22(40)21(39)17(11-36)50-30/h8,10,13,15,17-18,21-28,30,36,39-43,46H,7,9,11-12H2,1-6H3/b14-8+/t13-,15-,17+,18+,21+,22-,23+,24?,25+,26?,27+,28-,30+,33-,34+,35-/m0/s1. The van der Waals surface area contributed by atoms with Crippen molar-refractivity contribution in [2.45, 2.75) is 114 Å². The number of carbonyl (C=O) groups is 4. The fraction of sp³-hybridized carbons (Fsp3) is 0.771. The molecule has 16 atom stereocenters. The van der Waals surface area contributed by atoms with Crippen molar-refractivity contribution in [1.29, 1.82) is 0 Å². The normalized spacial score (nSPS) is 47.1. The highest BCUT2D eigenvalue weighted by molar-refractivity contribution is 5.97. The van der Waals surface area contributed by atoms with Crippen molar-refractivity contribution in [3.05, 3.63) is 23.5 Å². The number of rotatable bonds is 8. The van der Waals surface area contributed by atoms with Gasteiger partial charge in [-0.15, -0.1) is 0 Å². The van der Waals surface area contributed by atoms with Gasteiger partial charge in [0.15, 0.2) is 11.5 Å². The van der Waals surface area contributed by atoms with Crippen molar-refractivity contribution >= 4 is 23.7 Å². The number of fused-ring (bicyclic) bond motifs is 2. The van der Waals surface area contributed by atoms with Gasteiger partial charge in [0, 0.05) is 23.3 Å². The number of allylic oxidation sites excluding steroid dienone is 2. The molecule has 17 nitrogen and oxygen atoms in total. The minimum atomic E-state index is -2.40. The first-order chi connectivity index (χ1) is 24.3. The molecule has 3 aliphatic carbocycles. The second kappa shape index (κ2) is 13.1. The molecule has 5 fully saturated rings. The van der Waals surface area contributed by atoms with Gasteiger partial charge in [-0.05, 0) is 49.7 Å². The number of Topliss-reactive ketones (excluding diaryl/α,β-unsaturated/α-hetero) is 1. The number of hydrogen-bond acceptors (Lipinski definition) is 17. The average Bonchev–Trinajstić information content (AvgIpc) is 3.39. The van der Waals surface area contributed by atoms with Gasteiger partial charge in [0.2, 0.25) is 18.0 Å². The predicted molar refractivity (Wildman–Crippen MR) is 170 cm³/mol. The zero-order valence-corrected chi connectivity index (χ0v) is 29.7. The third kappa shape index (κ3) is 5.30. The third-order valence-corrected chi connectivity index (χ3v) is 12.6. The highest BCUT2D eigenvalue weighted by Gasteiger charge is 2.85. The smallest absolute Gasteiger partial charge is 0.348 e. The van der Waals surface area contributed by atoms with Crippen molar-refractivity contribution < 1.29 is 83.3 Å². The number of ketones is 1. The van der Waals surface area contributed by atoms with Crippen LogP contribution in [-0.4, -0.2) is 146 Å². The van der Waals surface area contributed by atoms with E-state index in [2.05, 4.69) is 0 Å². The first-order valence-electron chi connectivity index (χ1n) is 17.4. The molecule has 0 aromatic carbocycles. The summed E-state index contributed by atoms with van der Waals surface area (Å²) in [5, 5.41) is 75.5. The Labute approximate surface area is 299 Å². The summed E-state index contributed by atoms with van der Waals surface area (Å²) in [7, 11) is 1.04. The molecule has 3 aliphatic heterocycles. The van der Waals surface area contributed by atoms with Crippen molar-refractivity contribution in [2.24, 2.45) is 34.5 Å². The molecule has 2 bridgehead atoms. The van der Waals surface area contributed by atoms with Crippen molar-refractivity contribution in [3.8, 4) is 0 Å². The molecule has 2 saturated carbocycles. The lowest BCUT2D eigenvalue weighted by Crippen LogP contribution is -2.79. The molecule has 1 spiro atoms. The molecule has 6 aliphatic rings. The highest BCUT2D eigenvalue weighted by atomic mass is 16.7. The molecule has 0 radical (unpaired) electrons. The van der Waals surface area contributed by atoms with Gasteiger partial charge in [0.05, 0.1) is 37.9 Å². The lowest BCUT2D eigenvalue weighted by atomic mass is 9.38. The van der Waals surface area contributed by atoms with Crippen LogP contribution in [0.5, 0.6) is 0 Å². The Bertz CT molecular complexity index is 1550. The molecule has 290 valence electrons. The van der Waals surface area contributed by atoms with Crippen LogP contribution >= 0.6 is 0 Å². The Morgan fingerprint density at radius 3 is 2.33 bits per heavy atom. The van der Waals surface area contributed by atoms with E-state index in [4.69, 9.17) is 28.4 Å². The first kappa shape index (κ1) is 38.7. The topological polar surface area (TPSA) is 265 Å². The van der Waals surface area contributed by atoms with E-state index in [0.717, 1.165) is 13.2 Å². The zero-order valence-electron chi connectivity index (χ0n) is 29.7.